The molecule has 8 aromatic rings. The van der Waals surface area contributed by atoms with Crippen molar-refractivity contribution in [2.24, 2.45) is 0 Å². The molecule has 0 saturated carbocycles. The summed E-state index contributed by atoms with van der Waals surface area (Å²) in [4.78, 5) is 8.66. The van der Waals surface area contributed by atoms with Crippen LogP contribution in [-0.2, 0) is 20.1 Å². The smallest absolute Gasteiger partial charge is 0.115 e. The van der Waals surface area contributed by atoms with Gasteiger partial charge in [0.1, 0.15) is 5.69 Å². The molecule has 45 heavy (non-hydrogen) atoms. The van der Waals surface area contributed by atoms with Crippen LogP contribution in [0.4, 0.5) is 0 Å². The van der Waals surface area contributed by atoms with Crippen LogP contribution in [0.1, 0.15) is 0 Å². The standard InChI is InChI=1S/C17H10NS.C12H10N.C11H8N.Ir/c1-2-10-16-12(6-1)13-7-5-8-14(17(13)19-16)15-9-3-4-11-18-15;1-13-10-6-5-9-12(13)11-7-3-2-4-8-11;1-2-6-10(7-3-1)11-8-4-5-9-12-11;/h1-7,9-11H;2-7,9-10H,1H2;1-6,8-9H;/q3*-1;. The van der Waals surface area contributed by atoms with Crippen molar-refractivity contribution in [2.75, 3.05) is 0 Å². The molecule has 4 heterocycles. The minimum Gasteiger partial charge on any atom is -0.321 e. The Hall–Kier alpha value is -4.93. The molecule has 0 N–H and O–H groups in total. The third-order valence-electron chi connectivity index (χ3n) is 6.84. The van der Waals surface area contributed by atoms with Gasteiger partial charge in [-0.2, -0.15) is 11.3 Å². The molecule has 0 fully saturated rings. The molecule has 0 aliphatic carbocycles. The van der Waals surface area contributed by atoms with E-state index in [2.05, 4.69) is 65.5 Å². The van der Waals surface area contributed by atoms with Crippen molar-refractivity contribution in [1.82, 2.24) is 9.97 Å². The van der Waals surface area contributed by atoms with Gasteiger partial charge >= 0.3 is 0 Å². The number of nitrogens with zero attached hydrogens (tertiary/aromatic N) is 3. The number of benzene rings is 4. The Morgan fingerprint density at radius 1 is 0.556 bits per heavy atom. The van der Waals surface area contributed by atoms with Gasteiger partial charge in [-0.15, -0.1) is 90.0 Å². The van der Waals surface area contributed by atoms with E-state index in [4.69, 9.17) is 0 Å². The molecule has 0 spiro atoms. The molecule has 0 unspecified atom stereocenters. The Morgan fingerprint density at radius 3 is 1.87 bits per heavy atom. The summed E-state index contributed by atoms with van der Waals surface area (Å²) in [6.07, 6.45) is 5.54. The van der Waals surface area contributed by atoms with Gasteiger partial charge in [0.25, 0.3) is 0 Å². The zero-order chi connectivity index (χ0) is 30.0. The van der Waals surface area contributed by atoms with Gasteiger partial charge in [-0.25, -0.2) is 0 Å². The fraction of sp³-hybridized carbons (Fsp3) is 0. The number of rotatable bonds is 3. The van der Waals surface area contributed by atoms with Crippen molar-refractivity contribution < 1.29 is 24.7 Å². The van der Waals surface area contributed by atoms with Crippen molar-refractivity contribution in [2.45, 2.75) is 0 Å². The molecule has 0 saturated heterocycles. The van der Waals surface area contributed by atoms with Crippen LogP contribution >= 0.6 is 11.3 Å². The van der Waals surface area contributed by atoms with Gasteiger partial charge in [0.05, 0.1) is 6.20 Å². The number of thiophene rings is 1. The van der Waals surface area contributed by atoms with Crippen LogP contribution in [0.3, 0.4) is 0 Å². The van der Waals surface area contributed by atoms with Crippen LogP contribution in [0.15, 0.2) is 158 Å². The van der Waals surface area contributed by atoms with Gasteiger partial charge in [-0.05, 0) is 45.7 Å². The van der Waals surface area contributed by atoms with Crippen molar-refractivity contribution in [3.05, 3.63) is 183 Å². The molecular weight excluding hydrogens is 747 g/mol. The molecule has 221 valence electrons. The maximum Gasteiger partial charge on any atom is 0.115 e. The average Bonchev–Trinajstić information content (AvgIpc) is 3.50. The first kappa shape index (κ1) is 31.5. The van der Waals surface area contributed by atoms with Crippen LogP contribution in [0, 0.1) is 25.2 Å². The fourth-order valence-electron chi connectivity index (χ4n) is 4.74. The monoisotopic (exact) mass is 775 g/mol. The summed E-state index contributed by atoms with van der Waals surface area (Å²) < 4.78 is 4.42. The van der Waals surface area contributed by atoms with Gasteiger partial charge in [0.15, 0.2) is 0 Å². The predicted molar refractivity (Wildman–Crippen MR) is 182 cm³/mol. The van der Waals surface area contributed by atoms with E-state index in [0.29, 0.717) is 0 Å². The topological polar surface area (TPSA) is 29.7 Å². The van der Waals surface area contributed by atoms with Crippen LogP contribution in [0.25, 0.3) is 53.9 Å². The number of hydrogen-bond donors (Lipinski definition) is 0. The van der Waals surface area contributed by atoms with Crippen LogP contribution < -0.4 is 4.57 Å². The van der Waals surface area contributed by atoms with Crippen molar-refractivity contribution in [1.29, 1.82) is 0 Å². The third kappa shape index (κ3) is 7.78. The summed E-state index contributed by atoms with van der Waals surface area (Å²) >= 11 is 1.81. The average molecular weight is 775 g/mol. The first-order valence-corrected chi connectivity index (χ1v) is 15.0. The number of pyridine rings is 3. The molecule has 1 radical (unpaired) electrons. The van der Waals surface area contributed by atoms with Crippen molar-refractivity contribution in [3.8, 4) is 33.8 Å². The maximum absolute atomic E-state index is 4.44. The summed E-state index contributed by atoms with van der Waals surface area (Å²) in [5.74, 6) is 0. The van der Waals surface area contributed by atoms with E-state index >= 15 is 0 Å². The SMILES string of the molecule is [CH2-][n+]1ccccc1-c1[c-]cccc1.[Ir].[c-]1ccc2c(sc3ccccc32)c1-c1ccccn1.[c-]1ccccc1-c1ccccn1. The van der Waals surface area contributed by atoms with Gasteiger partial charge in [0, 0.05) is 44.2 Å². The van der Waals surface area contributed by atoms with Gasteiger partial charge in [0.2, 0.25) is 0 Å². The van der Waals surface area contributed by atoms with E-state index in [1.807, 2.05) is 137 Å². The first-order valence-electron chi connectivity index (χ1n) is 14.2. The summed E-state index contributed by atoms with van der Waals surface area (Å²) in [6.45, 7) is 0. The molecule has 0 aliphatic rings. The summed E-state index contributed by atoms with van der Waals surface area (Å²) in [5.41, 5.74) is 6.23. The van der Waals surface area contributed by atoms with Gasteiger partial charge < -0.3 is 14.5 Å². The minimum absolute atomic E-state index is 0. The van der Waals surface area contributed by atoms with E-state index in [0.717, 1.165) is 33.8 Å². The minimum atomic E-state index is 0. The summed E-state index contributed by atoms with van der Waals surface area (Å²) in [7, 11) is 3.89. The van der Waals surface area contributed by atoms with Crippen LogP contribution in [0.5, 0.6) is 0 Å². The largest absolute Gasteiger partial charge is 0.321 e. The molecule has 4 aromatic carbocycles. The van der Waals surface area contributed by atoms with E-state index < -0.39 is 0 Å². The quantitative estimate of drug-likeness (QED) is 0.132. The molecule has 0 atom stereocenters. The van der Waals surface area contributed by atoms with Gasteiger partial charge in [-0.3, -0.25) is 0 Å². The summed E-state index contributed by atoms with van der Waals surface area (Å²) in [6, 6.07) is 55.8. The molecule has 0 bridgehead atoms. The van der Waals surface area contributed by atoms with Crippen LogP contribution in [-0.4, -0.2) is 9.97 Å². The molecule has 4 aromatic heterocycles. The van der Waals surface area contributed by atoms with Gasteiger partial charge in [-0.1, -0.05) is 65.5 Å². The second-order valence-corrected chi connectivity index (χ2v) is 10.8. The molecule has 5 heteroatoms. The Kier molecular flexibility index (Phi) is 11.0. The zero-order valence-corrected chi connectivity index (χ0v) is 27.5. The third-order valence-corrected chi connectivity index (χ3v) is 8.04. The zero-order valence-electron chi connectivity index (χ0n) is 24.3. The molecule has 8 rings (SSSR count). The Labute approximate surface area is 281 Å². The van der Waals surface area contributed by atoms with E-state index in [-0.39, 0.29) is 20.1 Å². The number of aromatic nitrogens is 3. The second-order valence-electron chi connectivity index (χ2n) is 9.73. The molecule has 0 amide bonds. The van der Waals surface area contributed by atoms with E-state index in [9.17, 15) is 0 Å². The van der Waals surface area contributed by atoms with E-state index in [1.54, 1.807) is 6.20 Å². The number of hydrogen-bond acceptors (Lipinski definition) is 3. The number of fused-ring (bicyclic) bond motifs is 3. The van der Waals surface area contributed by atoms with Crippen molar-refractivity contribution in [3.63, 3.8) is 0 Å². The maximum atomic E-state index is 4.44. The Bertz CT molecular complexity index is 2030. The van der Waals surface area contributed by atoms with Crippen LogP contribution in [0.2, 0.25) is 0 Å². The molecule has 3 nitrogen and oxygen atoms in total. The molecular formula is C40H28IrN3S-3. The van der Waals surface area contributed by atoms with Crippen molar-refractivity contribution >= 4 is 31.5 Å². The Morgan fingerprint density at radius 2 is 1.20 bits per heavy atom. The second kappa shape index (κ2) is 15.7. The predicted octanol–water partition coefficient (Wildman–Crippen LogP) is 9.54. The normalized spacial score (nSPS) is 10.1. The Balaban J connectivity index is 0.000000137. The summed E-state index contributed by atoms with van der Waals surface area (Å²) in [5, 5.41) is 2.61. The first-order chi connectivity index (χ1) is 21.8. The van der Waals surface area contributed by atoms with E-state index in [1.165, 1.54) is 20.2 Å². The fourth-order valence-corrected chi connectivity index (χ4v) is 5.95. The molecule has 0 aliphatic heterocycles.